The van der Waals surface area contributed by atoms with Crippen LogP contribution in [0.15, 0.2) is 16.9 Å². The van der Waals surface area contributed by atoms with Gasteiger partial charge in [0.2, 0.25) is 0 Å². The normalized spacial score (nSPS) is 18.6. The molecule has 0 bridgehead atoms. The van der Waals surface area contributed by atoms with Crippen LogP contribution in [0.3, 0.4) is 0 Å². The highest BCUT2D eigenvalue weighted by Crippen LogP contribution is 2.47. The van der Waals surface area contributed by atoms with Gasteiger partial charge in [0.05, 0.1) is 15.6 Å². The first kappa shape index (κ1) is 22.0. The van der Waals surface area contributed by atoms with Crippen LogP contribution in [0.5, 0.6) is 11.5 Å². The fourth-order valence-corrected chi connectivity index (χ4v) is 4.96. The number of halogens is 2. The Morgan fingerprint density at radius 2 is 1.90 bits per heavy atom. The molecule has 2 aliphatic rings. The number of hydrogen-bond acceptors (Lipinski definition) is 4. The molecule has 0 radical (unpaired) electrons. The molecule has 2 aromatic rings. The van der Waals surface area contributed by atoms with E-state index in [2.05, 4.69) is 10.3 Å². The second kappa shape index (κ2) is 9.13. The maximum atomic E-state index is 12.8. The summed E-state index contributed by atoms with van der Waals surface area (Å²) < 4.78 is 12.1. The van der Waals surface area contributed by atoms with E-state index in [4.69, 9.17) is 32.7 Å². The zero-order chi connectivity index (χ0) is 22.1. The van der Waals surface area contributed by atoms with Gasteiger partial charge in [0.1, 0.15) is 12.7 Å². The third kappa shape index (κ3) is 4.55. The first-order valence-electron chi connectivity index (χ1n) is 10.6. The van der Waals surface area contributed by atoms with Gasteiger partial charge in [-0.2, -0.15) is 0 Å². The lowest BCUT2D eigenvalue weighted by Gasteiger charge is -2.35. The Morgan fingerprint density at radius 1 is 1.16 bits per heavy atom. The van der Waals surface area contributed by atoms with E-state index >= 15 is 0 Å². The minimum absolute atomic E-state index is 0.0581. The third-order valence-corrected chi connectivity index (χ3v) is 6.79. The van der Waals surface area contributed by atoms with Crippen LogP contribution in [-0.4, -0.2) is 23.6 Å². The molecule has 0 saturated heterocycles. The minimum atomic E-state index is -0.438. The van der Waals surface area contributed by atoms with Crippen LogP contribution < -0.4 is 20.3 Å². The molecule has 0 spiro atoms. The Kier molecular flexibility index (Phi) is 6.49. The molecule has 0 unspecified atom stereocenters. The summed E-state index contributed by atoms with van der Waals surface area (Å²) >= 11 is 13.0. The zero-order valence-corrected chi connectivity index (χ0v) is 19.2. The van der Waals surface area contributed by atoms with E-state index in [9.17, 15) is 9.59 Å². The van der Waals surface area contributed by atoms with Crippen LogP contribution >= 0.6 is 23.2 Å². The van der Waals surface area contributed by atoms with Crippen molar-refractivity contribution in [2.75, 3.05) is 6.61 Å². The van der Waals surface area contributed by atoms with Crippen molar-refractivity contribution in [2.45, 2.75) is 58.6 Å². The average Bonchev–Trinajstić information content (AvgIpc) is 2.75. The van der Waals surface area contributed by atoms with Crippen LogP contribution in [0.4, 0.5) is 0 Å². The highest BCUT2D eigenvalue weighted by molar-refractivity contribution is 6.38. The molecule has 6 nitrogen and oxygen atoms in total. The highest BCUT2D eigenvalue weighted by atomic mass is 35.5. The summed E-state index contributed by atoms with van der Waals surface area (Å²) in [4.78, 5) is 27.8. The quantitative estimate of drug-likeness (QED) is 0.670. The molecule has 1 fully saturated rings. The van der Waals surface area contributed by atoms with Gasteiger partial charge in [0.25, 0.3) is 11.5 Å². The van der Waals surface area contributed by atoms with Crippen molar-refractivity contribution in [3.8, 4) is 11.5 Å². The Hall–Kier alpha value is -2.18. The topological polar surface area (TPSA) is 80.4 Å². The number of nitrogens with one attached hydrogen (secondary N) is 2. The van der Waals surface area contributed by atoms with E-state index < -0.39 is 5.91 Å². The summed E-state index contributed by atoms with van der Waals surface area (Å²) in [5.74, 6) is 0.703. The van der Waals surface area contributed by atoms with Crippen LogP contribution in [-0.2, 0) is 6.54 Å². The van der Waals surface area contributed by atoms with E-state index in [0.717, 1.165) is 24.1 Å². The van der Waals surface area contributed by atoms with E-state index in [0.29, 0.717) is 29.6 Å². The molecule has 2 heterocycles. The predicted octanol–water partition coefficient (Wildman–Crippen LogP) is 4.95. The minimum Gasteiger partial charge on any atom is -0.484 e. The number of aromatic nitrogens is 1. The largest absolute Gasteiger partial charge is 0.484 e. The maximum absolute atomic E-state index is 12.8. The summed E-state index contributed by atoms with van der Waals surface area (Å²) in [6.45, 7) is 4.11. The summed E-state index contributed by atoms with van der Waals surface area (Å²) in [5.41, 5.74) is 2.03. The second-order valence-electron chi connectivity index (χ2n) is 8.37. The van der Waals surface area contributed by atoms with Crippen molar-refractivity contribution in [1.29, 1.82) is 0 Å². The van der Waals surface area contributed by atoms with Crippen molar-refractivity contribution in [2.24, 2.45) is 5.92 Å². The maximum Gasteiger partial charge on any atom is 0.253 e. The molecule has 1 aromatic carbocycles. The molecule has 1 aliphatic carbocycles. The molecule has 1 aliphatic heterocycles. The number of aryl methyl sites for hydroxylation is 2. The van der Waals surface area contributed by atoms with Gasteiger partial charge in [-0.05, 0) is 50.3 Å². The lowest BCUT2D eigenvalue weighted by atomic mass is 9.85. The summed E-state index contributed by atoms with van der Waals surface area (Å²) in [6, 6.07) is 3.36. The average molecular weight is 465 g/mol. The van der Waals surface area contributed by atoms with Gasteiger partial charge in [-0.25, -0.2) is 0 Å². The van der Waals surface area contributed by atoms with E-state index in [-0.39, 0.29) is 33.8 Å². The number of carbonyl (C=O) groups excluding carboxylic acids is 1. The fraction of sp³-hybridized carbons (Fsp3) is 0.478. The van der Waals surface area contributed by atoms with Crippen molar-refractivity contribution in [3.63, 3.8) is 0 Å². The van der Waals surface area contributed by atoms with E-state index in [1.165, 1.54) is 25.3 Å². The Labute approximate surface area is 191 Å². The van der Waals surface area contributed by atoms with Gasteiger partial charge in [-0.3, -0.25) is 9.59 Å². The molecule has 1 saturated carbocycles. The second-order valence-corrected chi connectivity index (χ2v) is 9.15. The lowest BCUT2D eigenvalue weighted by molar-refractivity contribution is 0.0342. The first-order chi connectivity index (χ1) is 14.8. The van der Waals surface area contributed by atoms with Crippen molar-refractivity contribution in [1.82, 2.24) is 10.3 Å². The van der Waals surface area contributed by atoms with Crippen LogP contribution in [0.25, 0.3) is 0 Å². The number of pyridine rings is 1. The number of rotatable bonds is 4. The Bertz CT molecular complexity index is 1060. The SMILES string of the molecule is Cc1cc(C)c(CNC(=O)c2cc(Cl)c3c(c2Cl)OC[C@@H](C2CCCCC2)O3)c(=O)[nH]1. The number of H-pyrrole nitrogens is 1. The number of benzene rings is 1. The van der Waals surface area contributed by atoms with Gasteiger partial charge in [0.15, 0.2) is 11.5 Å². The molecule has 4 rings (SSSR count). The summed E-state index contributed by atoms with van der Waals surface area (Å²) in [7, 11) is 0. The molecule has 2 N–H and O–H groups in total. The number of amides is 1. The molecule has 1 amide bonds. The van der Waals surface area contributed by atoms with Crippen molar-refractivity contribution < 1.29 is 14.3 Å². The zero-order valence-electron chi connectivity index (χ0n) is 17.6. The third-order valence-electron chi connectivity index (χ3n) is 6.13. The van der Waals surface area contributed by atoms with Gasteiger partial charge in [0, 0.05) is 17.8 Å². The van der Waals surface area contributed by atoms with E-state index in [1.54, 1.807) is 0 Å². The van der Waals surface area contributed by atoms with Gasteiger partial charge in [-0.15, -0.1) is 0 Å². The Balaban J connectivity index is 1.52. The first-order valence-corrected chi connectivity index (χ1v) is 11.4. The smallest absolute Gasteiger partial charge is 0.253 e. The lowest BCUT2D eigenvalue weighted by Crippen LogP contribution is -2.37. The summed E-state index contributed by atoms with van der Waals surface area (Å²) in [5, 5.41) is 3.20. The van der Waals surface area contributed by atoms with Gasteiger partial charge >= 0.3 is 0 Å². The van der Waals surface area contributed by atoms with Crippen molar-refractivity contribution >= 4 is 29.1 Å². The number of ether oxygens (including phenoxy) is 2. The number of hydrogen-bond donors (Lipinski definition) is 2. The van der Waals surface area contributed by atoms with Crippen molar-refractivity contribution in [3.05, 3.63) is 54.9 Å². The standard InChI is InChI=1S/C23H26Cl2N2O4/c1-12-8-13(2)27-23(29)16(12)10-26-22(28)15-9-17(24)20-21(19(15)25)30-11-18(31-20)14-6-4-3-5-7-14/h8-9,14,18H,3-7,10-11H2,1-2H3,(H,26,28)(H,27,29)/t18-/m0/s1. The highest BCUT2D eigenvalue weighted by Gasteiger charge is 2.34. The number of aromatic amines is 1. The molecular formula is C23H26Cl2N2O4. The Morgan fingerprint density at radius 3 is 2.61 bits per heavy atom. The fourth-order valence-electron chi connectivity index (χ4n) is 4.44. The van der Waals surface area contributed by atoms with Crippen LogP contribution in [0.2, 0.25) is 10.0 Å². The predicted molar refractivity (Wildman–Crippen MR) is 121 cm³/mol. The van der Waals surface area contributed by atoms with Gasteiger partial charge < -0.3 is 19.8 Å². The van der Waals surface area contributed by atoms with Crippen LogP contribution in [0.1, 0.15) is 59.3 Å². The monoisotopic (exact) mass is 464 g/mol. The van der Waals surface area contributed by atoms with Crippen LogP contribution in [0, 0.1) is 19.8 Å². The summed E-state index contributed by atoms with van der Waals surface area (Å²) in [6.07, 6.45) is 5.85. The molecular weight excluding hydrogens is 439 g/mol. The van der Waals surface area contributed by atoms with E-state index in [1.807, 2.05) is 19.9 Å². The molecule has 1 atom stereocenters. The van der Waals surface area contributed by atoms with Gasteiger partial charge in [-0.1, -0.05) is 42.5 Å². The number of fused-ring (bicyclic) bond motifs is 1. The molecule has 1 aromatic heterocycles. The molecule has 8 heteroatoms. The molecule has 166 valence electrons. The number of carbonyl (C=O) groups is 1. The molecule has 31 heavy (non-hydrogen) atoms.